The van der Waals surface area contributed by atoms with Crippen LogP contribution in [-0.4, -0.2) is 74.1 Å². The number of carbonyl (C=O) groups is 1. The van der Waals surface area contributed by atoms with Crippen molar-refractivity contribution in [1.82, 2.24) is 0 Å². The lowest BCUT2D eigenvalue weighted by molar-refractivity contribution is -0.870. The average molecular weight is 665 g/mol. The number of likely N-dealkylation sites (N-methyl/N-ethyl adjacent to an activating group) is 1. The van der Waals surface area contributed by atoms with Crippen LogP contribution in [0.4, 0.5) is 0 Å². The molecule has 0 saturated heterocycles. The van der Waals surface area contributed by atoms with Crippen LogP contribution in [-0.2, 0) is 23.1 Å². The van der Waals surface area contributed by atoms with Crippen molar-refractivity contribution >= 4 is 13.8 Å². The van der Waals surface area contributed by atoms with Gasteiger partial charge in [-0.3, -0.25) is 13.8 Å². The van der Waals surface area contributed by atoms with Crippen molar-refractivity contribution in [2.24, 2.45) is 0 Å². The molecule has 0 fully saturated rings. The quantitative estimate of drug-likeness (QED) is 0.0301. The van der Waals surface area contributed by atoms with Crippen LogP contribution in [0.15, 0.2) is 0 Å². The molecule has 0 radical (unpaired) electrons. The first-order chi connectivity index (χ1) is 21.6. The molecule has 0 aliphatic carbocycles. The zero-order valence-electron chi connectivity index (χ0n) is 30.1. The normalized spacial score (nSPS) is 14.0. The summed E-state index contributed by atoms with van der Waals surface area (Å²) in [5, 5.41) is 9.89. The number of phosphoric acid groups is 1. The van der Waals surface area contributed by atoms with E-state index in [0.717, 1.165) is 19.3 Å². The molecule has 0 saturated carbocycles. The standard InChI is InChI=1S/C36H74NO7P/c1-5-6-7-8-9-10-11-12-13-14-15-16-17-18-19-20-21-22-23-24-25-26-27-28-29-30-36(39)42-33-35(38)34-44-45(40,41)43-32-31-37(2,3)4/h35,38H,5-34H2,1-4H3/p+1/t35-/m1/s1. The number of hydrogen-bond donors (Lipinski definition) is 2. The van der Waals surface area contributed by atoms with E-state index < -0.39 is 20.5 Å². The van der Waals surface area contributed by atoms with Gasteiger partial charge in [0.25, 0.3) is 0 Å². The molecular formula is C36H75NO7P+. The molecule has 0 aliphatic heterocycles. The van der Waals surface area contributed by atoms with Crippen LogP contribution < -0.4 is 0 Å². The molecule has 1 unspecified atom stereocenters. The highest BCUT2D eigenvalue weighted by molar-refractivity contribution is 7.47. The smallest absolute Gasteiger partial charge is 0.463 e. The number of quaternary nitrogens is 1. The number of hydrogen-bond acceptors (Lipinski definition) is 6. The van der Waals surface area contributed by atoms with Crippen molar-refractivity contribution in [3.63, 3.8) is 0 Å². The van der Waals surface area contributed by atoms with Gasteiger partial charge in [0.05, 0.1) is 27.7 Å². The summed E-state index contributed by atoms with van der Waals surface area (Å²) in [6, 6.07) is 0. The predicted octanol–water partition coefficient (Wildman–Crippen LogP) is 9.89. The van der Waals surface area contributed by atoms with Gasteiger partial charge in [-0.05, 0) is 6.42 Å². The SMILES string of the molecule is CCCCCCCCCCCCCCCCCCCCCCCCCCCC(=O)OC[C@@H](O)COP(=O)(O)OCC[N+](C)(C)C. The molecule has 0 spiro atoms. The van der Waals surface area contributed by atoms with E-state index in [2.05, 4.69) is 6.92 Å². The van der Waals surface area contributed by atoms with Gasteiger partial charge >= 0.3 is 13.8 Å². The van der Waals surface area contributed by atoms with Gasteiger partial charge in [0.15, 0.2) is 0 Å². The zero-order chi connectivity index (χ0) is 33.5. The predicted molar refractivity (Wildman–Crippen MR) is 187 cm³/mol. The Morgan fingerprint density at radius 2 is 0.956 bits per heavy atom. The van der Waals surface area contributed by atoms with Crippen LogP contribution in [0.25, 0.3) is 0 Å². The van der Waals surface area contributed by atoms with E-state index in [1.165, 1.54) is 141 Å². The molecule has 8 nitrogen and oxygen atoms in total. The van der Waals surface area contributed by atoms with Crippen molar-refractivity contribution in [3.05, 3.63) is 0 Å². The van der Waals surface area contributed by atoms with Gasteiger partial charge in [0.1, 0.15) is 25.9 Å². The van der Waals surface area contributed by atoms with Gasteiger partial charge in [-0.25, -0.2) is 4.57 Å². The second kappa shape index (κ2) is 30.8. The molecular weight excluding hydrogens is 589 g/mol. The molecule has 2 N–H and O–H groups in total. The van der Waals surface area contributed by atoms with Gasteiger partial charge in [0, 0.05) is 6.42 Å². The summed E-state index contributed by atoms with van der Waals surface area (Å²) in [4.78, 5) is 21.6. The monoisotopic (exact) mass is 665 g/mol. The van der Waals surface area contributed by atoms with Gasteiger partial charge in [0.2, 0.25) is 0 Å². The van der Waals surface area contributed by atoms with E-state index in [0.29, 0.717) is 17.4 Å². The Balaban J connectivity index is 3.36. The van der Waals surface area contributed by atoms with Crippen LogP contribution in [0.2, 0.25) is 0 Å². The first kappa shape index (κ1) is 44.5. The maximum Gasteiger partial charge on any atom is 0.472 e. The number of nitrogens with zero attached hydrogens (tertiary/aromatic N) is 1. The van der Waals surface area contributed by atoms with E-state index in [9.17, 15) is 19.4 Å². The minimum absolute atomic E-state index is 0.0575. The number of unbranched alkanes of at least 4 members (excludes halogenated alkanes) is 24. The largest absolute Gasteiger partial charge is 0.472 e. The summed E-state index contributed by atoms with van der Waals surface area (Å²) >= 11 is 0. The van der Waals surface area contributed by atoms with E-state index in [1.807, 2.05) is 21.1 Å². The maximum atomic E-state index is 11.9. The van der Waals surface area contributed by atoms with Crippen LogP contribution in [0.5, 0.6) is 0 Å². The highest BCUT2D eigenvalue weighted by atomic mass is 31.2. The first-order valence-electron chi connectivity index (χ1n) is 18.8. The zero-order valence-corrected chi connectivity index (χ0v) is 31.0. The second-order valence-corrected chi connectivity index (χ2v) is 15.6. The lowest BCUT2D eigenvalue weighted by atomic mass is 10.0. The van der Waals surface area contributed by atoms with Crippen molar-refractivity contribution in [3.8, 4) is 0 Å². The minimum atomic E-state index is -4.24. The average Bonchev–Trinajstić information content (AvgIpc) is 2.98. The molecule has 0 aromatic heterocycles. The fourth-order valence-electron chi connectivity index (χ4n) is 5.37. The highest BCUT2D eigenvalue weighted by Crippen LogP contribution is 2.43. The molecule has 0 amide bonds. The number of phosphoric ester groups is 1. The molecule has 0 aliphatic rings. The van der Waals surface area contributed by atoms with Gasteiger partial charge < -0.3 is 19.2 Å². The first-order valence-corrected chi connectivity index (χ1v) is 20.3. The number of esters is 1. The number of rotatable bonds is 35. The van der Waals surface area contributed by atoms with Gasteiger partial charge in [-0.2, -0.15) is 0 Å². The molecule has 270 valence electrons. The fraction of sp³-hybridized carbons (Fsp3) is 0.972. The molecule has 2 atom stereocenters. The summed E-state index contributed by atoms with van der Waals surface area (Å²) in [5.74, 6) is -0.366. The Morgan fingerprint density at radius 3 is 1.31 bits per heavy atom. The highest BCUT2D eigenvalue weighted by Gasteiger charge is 2.24. The third-order valence-electron chi connectivity index (χ3n) is 8.37. The third-order valence-corrected chi connectivity index (χ3v) is 9.35. The molecule has 45 heavy (non-hydrogen) atoms. The maximum absolute atomic E-state index is 11.9. The van der Waals surface area contributed by atoms with E-state index in [-0.39, 0.29) is 19.2 Å². The topological polar surface area (TPSA) is 102 Å². The number of carbonyl (C=O) groups excluding carboxylic acids is 1. The number of aliphatic hydroxyl groups is 1. The Hall–Kier alpha value is -0.500. The van der Waals surface area contributed by atoms with Crippen molar-refractivity contribution in [2.75, 3.05) is 47.5 Å². The molecule has 0 bridgehead atoms. The summed E-state index contributed by atoms with van der Waals surface area (Å²) in [5.41, 5.74) is 0. The molecule has 0 aromatic carbocycles. The Morgan fingerprint density at radius 1 is 0.600 bits per heavy atom. The van der Waals surface area contributed by atoms with Gasteiger partial charge in [-0.15, -0.1) is 0 Å². The minimum Gasteiger partial charge on any atom is -0.463 e. The Kier molecular flexibility index (Phi) is 30.5. The fourth-order valence-corrected chi connectivity index (χ4v) is 6.11. The third kappa shape index (κ3) is 36.2. The lowest BCUT2D eigenvalue weighted by Crippen LogP contribution is -2.37. The Labute approximate surface area is 278 Å². The lowest BCUT2D eigenvalue weighted by Gasteiger charge is -2.24. The number of ether oxygens (including phenoxy) is 1. The van der Waals surface area contributed by atoms with Crippen molar-refractivity contribution in [2.45, 2.75) is 180 Å². The van der Waals surface area contributed by atoms with Crippen LogP contribution in [0.3, 0.4) is 0 Å². The van der Waals surface area contributed by atoms with Crippen molar-refractivity contribution < 1.29 is 37.6 Å². The molecule has 0 rings (SSSR count). The molecule has 0 heterocycles. The van der Waals surface area contributed by atoms with Crippen LogP contribution >= 0.6 is 7.82 Å². The van der Waals surface area contributed by atoms with E-state index in [1.54, 1.807) is 0 Å². The number of aliphatic hydroxyl groups excluding tert-OH is 1. The van der Waals surface area contributed by atoms with Gasteiger partial charge in [-0.1, -0.05) is 161 Å². The van der Waals surface area contributed by atoms with Crippen LogP contribution in [0, 0.1) is 0 Å². The Bertz CT molecular complexity index is 701. The second-order valence-electron chi connectivity index (χ2n) is 14.2. The van der Waals surface area contributed by atoms with E-state index >= 15 is 0 Å². The summed E-state index contributed by atoms with van der Waals surface area (Å²) in [6.45, 7) is 2.17. The van der Waals surface area contributed by atoms with Crippen molar-refractivity contribution in [1.29, 1.82) is 0 Å². The molecule has 0 aromatic rings. The van der Waals surface area contributed by atoms with E-state index in [4.69, 9.17) is 13.8 Å². The molecule has 9 heteroatoms. The summed E-state index contributed by atoms with van der Waals surface area (Å²) < 4.78 is 27.2. The summed E-state index contributed by atoms with van der Waals surface area (Å²) in [7, 11) is 1.57. The van der Waals surface area contributed by atoms with Crippen LogP contribution in [0.1, 0.15) is 174 Å². The summed E-state index contributed by atoms with van der Waals surface area (Å²) in [6.07, 6.45) is 32.8.